The lowest BCUT2D eigenvalue weighted by Gasteiger charge is -2.40. The number of hydrogen-bond donors (Lipinski definition) is 3. The first-order valence-corrected chi connectivity index (χ1v) is 6.99. The van der Waals surface area contributed by atoms with Crippen molar-refractivity contribution in [2.24, 2.45) is 0 Å². The van der Waals surface area contributed by atoms with Gasteiger partial charge in [0, 0.05) is 6.92 Å². The number of hydrogen-bond acceptors (Lipinski definition) is 8. The zero-order valence-corrected chi connectivity index (χ0v) is 12.4. The minimum atomic E-state index is -1.64. The maximum Gasteiger partial charge on any atom is 0.338 e. The molecule has 3 N–H and O–H groups in total. The molecule has 1 aromatic rings. The molecular formula is C15H18O8. The molecule has 1 aliphatic heterocycles. The van der Waals surface area contributed by atoms with E-state index in [2.05, 4.69) is 0 Å². The lowest BCUT2D eigenvalue weighted by Crippen LogP contribution is -2.60. The number of ether oxygens (including phenoxy) is 3. The van der Waals surface area contributed by atoms with Gasteiger partial charge in [-0.2, -0.15) is 0 Å². The molecule has 0 aromatic heterocycles. The lowest BCUT2D eigenvalue weighted by atomic mass is 9.98. The third-order valence-corrected chi connectivity index (χ3v) is 3.37. The van der Waals surface area contributed by atoms with E-state index in [0.717, 1.165) is 6.92 Å². The smallest absolute Gasteiger partial charge is 0.338 e. The Morgan fingerprint density at radius 3 is 2.35 bits per heavy atom. The van der Waals surface area contributed by atoms with Crippen molar-refractivity contribution in [1.29, 1.82) is 0 Å². The lowest BCUT2D eigenvalue weighted by molar-refractivity contribution is -0.289. The topological polar surface area (TPSA) is 123 Å². The van der Waals surface area contributed by atoms with E-state index in [-0.39, 0.29) is 5.56 Å². The summed E-state index contributed by atoms with van der Waals surface area (Å²) in [6.45, 7) is 0.496. The monoisotopic (exact) mass is 326 g/mol. The third kappa shape index (κ3) is 4.05. The Balaban J connectivity index is 2.16. The second kappa shape index (κ2) is 7.51. The van der Waals surface area contributed by atoms with Gasteiger partial charge in [0.05, 0.1) is 12.2 Å². The molecule has 5 atom stereocenters. The molecule has 1 saturated heterocycles. The van der Waals surface area contributed by atoms with Crippen molar-refractivity contribution >= 4 is 11.9 Å². The van der Waals surface area contributed by atoms with E-state index in [1.54, 1.807) is 18.2 Å². The van der Waals surface area contributed by atoms with Crippen LogP contribution in [0.1, 0.15) is 17.3 Å². The number of aliphatic hydroxyl groups is 3. The van der Waals surface area contributed by atoms with E-state index in [1.807, 2.05) is 0 Å². The molecule has 1 fully saturated rings. The zero-order chi connectivity index (χ0) is 17.0. The van der Waals surface area contributed by atoms with Crippen molar-refractivity contribution in [3.05, 3.63) is 35.9 Å². The molecule has 3 unspecified atom stereocenters. The molecule has 0 aliphatic carbocycles. The molecule has 0 spiro atoms. The molecule has 0 saturated carbocycles. The van der Waals surface area contributed by atoms with E-state index in [4.69, 9.17) is 14.2 Å². The summed E-state index contributed by atoms with van der Waals surface area (Å²) in [5, 5.41) is 29.3. The third-order valence-electron chi connectivity index (χ3n) is 3.37. The van der Waals surface area contributed by atoms with Gasteiger partial charge < -0.3 is 29.5 Å². The van der Waals surface area contributed by atoms with Crippen LogP contribution in [-0.2, 0) is 19.0 Å². The predicted octanol–water partition coefficient (Wildman–Crippen LogP) is -0.786. The first kappa shape index (κ1) is 17.4. The minimum absolute atomic E-state index is 0.242. The quantitative estimate of drug-likeness (QED) is 0.616. The van der Waals surface area contributed by atoms with Crippen LogP contribution in [0.15, 0.2) is 30.3 Å². The first-order valence-electron chi connectivity index (χ1n) is 6.99. The van der Waals surface area contributed by atoms with E-state index in [0.29, 0.717) is 0 Å². The molecule has 2 rings (SSSR count). The number of benzene rings is 1. The van der Waals surface area contributed by atoms with Crippen molar-refractivity contribution in [3.8, 4) is 0 Å². The average Bonchev–Trinajstić information content (AvgIpc) is 2.54. The predicted molar refractivity (Wildman–Crippen MR) is 75.2 cm³/mol. The zero-order valence-electron chi connectivity index (χ0n) is 12.4. The molecule has 0 bridgehead atoms. The highest BCUT2D eigenvalue weighted by molar-refractivity contribution is 5.89. The van der Waals surface area contributed by atoms with Gasteiger partial charge in [-0.1, -0.05) is 18.2 Å². The molecule has 0 amide bonds. The second-order valence-corrected chi connectivity index (χ2v) is 5.05. The van der Waals surface area contributed by atoms with Gasteiger partial charge >= 0.3 is 11.9 Å². The molecule has 1 aliphatic rings. The van der Waals surface area contributed by atoms with Crippen LogP contribution in [0.5, 0.6) is 0 Å². The molecule has 0 radical (unpaired) electrons. The van der Waals surface area contributed by atoms with Crippen molar-refractivity contribution in [2.75, 3.05) is 6.61 Å². The highest BCUT2D eigenvalue weighted by Gasteiger charge is 2.48. The van der Waals surface area contributed by atoms with E-state index >= 15 is 0 Å². The van der Waals surface area contributed by atoms with Gasteiger partial charge in [0.15, 0.2) is 18.5 Å². The van der Waals surface area contributed by atoms with E-state index in [9.17, 15) is 24.9 Å². The fourth-order valence-corrected chi connectivity index (χ4v) is 2.29. The van der Waals surface area contributed by atoms with Crippen molar-refractivity contribution in [1.82, 2.24) is 0 Å². The number of aliphatic hydroxyl groups excluding tert-OH is 3. The SMILES string of the molecule is CC(=O)OC1C(O)[C@H](OC(=O)c2ccccc2)C(CO)O[C@@H]1O. The van der Waals surface area contributed by atoms with Crippen LogP contribution in [-0.4, -0.2) is 64.6 Å². The Morgan fingerprint density at radius 2 is 1.78 bits per heavy atom. The molecule has 126 valence electrons. The molecular weight excluding hydrogens is 308 g/mol. The first-order chi connectivity index (χ1) is 10.9. The molecule has 1 heterocycles. The van der Waals surface area contributed by atoms with Crippen LogP contribution in [0, 0.1) is 0 Å². The number of esters is 2. The largest absolute Gasteiger partial charge is 0.454 e. The number of carbonyl (C=O) groups is 2. The van der Waals surface area contributed by atoms with Gasteiger partial charge in [-0.05, 0) is 12.1 Å². The summed E-state index contributed by atoms with van der Waals surface area (Å²) in [6.07, 6.45) is -7.08. The fraction of sp³-hybridized carbons (Fsp3) is 0.467. The van der Waals surface area contributed by atoms with Gasteiger partial charge in [-0.15, -0.1) is 0 Å². The van der Waals surface area contributed by atoms with Gasteiger partial charge in [0.25, 0.3) is 0 Å². The highest BCUT2D eigenvalue weighted by atomic mass is 16.7. The maximum absolute atomic E-state index is 12.1. The van der Waals surface area contributed by atoms with Crippen LogP contribution >= 0.6 is 0 Å². The summed E-state index contributed by atoms with van der Waals surface area (Å²) >= 11 is 0. The Kier molecular flexibility index (Phi) is 5.67. The van der Waals surface area contributed by atoms with E-state index in [1.165, 1.54) is 12.1 Å². The summed E-state index contributed by atoms with van der Waals surface area (Å²) in [7, 11) is 0. The van der Waals surface area contributed by atoms with Crippen molar-refractivity contribution in [2.45, 2.75) is 37.6 Å². The van der Waals surface area contributed by atoms with Gasteiger partial charge in [0.1, 0.15) is 12.2 Å². The van der Waals surface area contributed by atoms with Crippen LogP contribution in [0.2, 0.25) is 0 Å². The van der Waals surface area contributed by atoms with Crippen molar-refractivity contribution in [3.63, 3.8) is 0 Å². The van der Waals surface area contributed by atoms with Crippen molar-refractivity contribution < 1.29 is 39.1 Å². The standard InChI is InChI=1S/C15H18O8/c1-8(17)21-13-11(18)12(10(7-16)22-15(13)20)23-14(19)9-5-3-2-4-6-9/h2-6,10-13,15-16,18,20H,7H2,1H3/t10?,11?,12-,13?,15+/m1/s1. The molecule has 8 nitrogen and oxygen atoms in total. The van der Waals surface area contributed by atoms with Gasteiger partial charge in [-0.3, -0.25) is 4.79 Å². The van der Waals surface area contributed by atoms with Crippen LogP contribution in [0.3, 0.4) is 0 Å². The number of rotatable bonds is 4. The Labute approximate surface area is 132 Å². The van der Waals surface area contributed by atoms with Gasteiger partial charge in [0.2, 0.25) is 0 Å². The number of carbonyl (C=O) groups excluding carboxylic acids is 2. The summed E-state index contributed by atoms with van der Waals surface area (Å²) in [5.41, 5.74) is 0.242. The summed E-state index contributed by atoms with van der Waals surface area (Å²) in [6, 6.07) is 8.03. The summed E-state index contributed by atoms with van der Waals surface area (Å²) < 4.78 is 15.0. The molecule has 1 aromatic carbocycles. The van der Waals surface area contributed by atoms with Crippen LogP contribution in [0.4, 0.5) is 0 Å². The average molecular weight is 326 g/mol. The summed E-state index contributed by atoms with van der Waals surface area (Å²) in [4.78, 5) is 23.1. The maximum atomic E-state index is 12.1. The molecule has 23 heavy (non-hydrogen) atoms. The Morgan fingerprint density at radius 1 is 1.13 bits per heavy atom. The van der Waals surface area contributed by atoms with E-state index < -0.39 is 49.3 Å². The highest BCUT2D eigenvalue weighted by Crippen LogP contribution is 2.25. The molecule has 8 heteroatoms. The fourth-order valence-electron chi connectivity index (χ4n) is 2.29. The van der Waals surface area contributed by atoms with Gasteiger partial charge in [-0.25, -0.2) is 4.79 Å². The second-order valence-electron chi connectivity index (χ2n) is 5.05. The normalized spacial score (nSPS) is 30.5. The summed E-state index contributed by atoms with van der Waals surface area (Å²) in [5.74, 6) is -1.48. The van der Waals surface area contributed by atoms with Crippen LogP contribution in [0.25, 0.3) is 0 Å². The minimum Gasteiger partial charge on any atom is -0.454 e. The Hall–Kier alpha value is -2.00. The Bertz CT molecular complexity index is 546. The van der Waals surface area contributed by atoms with Crippen LogP contribution < -0.4 is 0 Å².